The first-order chi connectivity index (χ1) is 14.5. The molecule has 0 aliphatic heterocycles. The maximum absolute atomic E-state index is 14.1. The molecule has 30 heavy (non-hydrogen) atoms. The first-order valence-corrected chi connectivity index (χ1v) is 10.4. The first kappa shape index (κ1) is 20.4. The molecular weight excluding hydrogens is 381 g/mol. The predicted molar refractivity (Wildman–Crippen MR) is 115 cm³/mol. The van der Waals surface area contributed by atoms with Crippen LogP contribution >= 0.6 is 0 Å². The Hall–Kier alpha value is -2.92. The first-order valence-electron chi connectivity index (χ1n) is 10.4. The van der Waals surface area contributed by atoms with E-state index >= 15 is 0 Å². The van der Waals surface area contributed by atoms with E-state index in [0.717, 1.165) is 30.2 Å². The van der Waals surface area contributed by atoms with Gasteiger partial charge in [0.2, 0.25) is 0 Å². The van der Waals surface area contributed by atoms with Crippen LogP contribution in [-0.2, 0) is 4.79 Å². The van der Waals surface area contributed by atoms with Gasteiger partial charge in [0, 0.05) is 17.5 Å². The predicted octanol–water partition coefficient (Wildman–Crippen LogP) is 5.43. The largest absolute Gasteiger partial charge is 0.482 e. The third-order valence-electron chi connectivity index (χ3n) is 6.00. The molecule has 5 heteroatoms. The van der Waals surface area contributed by atoms with E-state index in [1.165, 1.54) is 5.56 Å². The molecule has 0 aromatic heterocycles. The summed E-state index contributed by atoms with van der Waals surface area (Å²) >= 11 is 0. The van der Waals surface area contributed by atoms with E-state index in [9.17, 15) is 9.18 Å². The van der Waals surface area contributed by atoms with Gasteiger partial charge in [0.25, 0.3) is 0 Å². The maximum Gasteiger partial charge on any atom is 0.341 e. The molecule has 1 aliphatic carbocycles. The standard InChI is InChI=1S/C25H26FNO3/c1-16(21-12-13-24(26)23-5-3-2-4-22(21)23)27-19-9-6-18(14-19)17-7-10-20(11-8-17)30-15-25(28)29/h2-5,7-8,10-13,16,18-19,27H,6,9,14-15H2,1H3,(H,28,29)/t16-,18?,19?/m1/s1. The fourth-order valence-corrected chi connectivity index (χ4v) is 4.52. The lowest BCUT2D eigenvalue weighted by Crippen LogP contribution is -2.29. The van der Waals surface area contributed by atoms with Crippen LogP contribution in [0.1, 0.15) is 49.3 Å². The number of carboxylic acids is 1. The number of carboxylic acid groups (broad SMARTS) is 1. The van der Waals surface area contributed by atoms with Gasteiger partial charge in [-0.2, -0.15) is 0 Å². The van der Waals surface area contributed by atoms with E-state index in [1.807, 2.05) is 54.6 Å². The summed E-state index contributed by atoms with van der Waals surface area (Å²) < 4.78 is 19.3. The van der Waals surface area contributed by atoms with Crippen LogP contribution in [0.3, 0.4) is 0 Å². The smallest absolute Gasteiger partial charge is 0.341 e. The molecule has 1 aliphatic rings. The number of halogens is 1. The van der Waals surface area contributed by atoms with Crippen LogP contribution in [-0.4, -0.2) is 23.7 Å². The van der Waals surface area contributed by atoms with Crippen LogP contribution in [0, 0.1) is 5.82 Å². The van der Waals surface area contributed by atoms with Crippen molar-refractivity contribution < 1.29 is 19.0 Å². The molecule has 0 heterocycles. The highest BCUT2D eigenvalue weighted by atomic mass is 19.1. The van der Waals surface area contributed by atoms with Gasteiger partial charge in [0.05, 0.1) is 0 Å². The molecular formula is C25H26FNO3. The maximum atomic E-state index is 14.1. The molecule has 0 radical (unpaired) electrons. The van der Waals surface area contributed by atoms with Gasteiger partial charge in [-0.15, -0.1) is 0 Å². The summed E-state index contributed by atoms with van der Waals surface area (Å²) in [6.07, 6.45) is 3.23. The number of nitrogens with one attached hydrogen (secondary N) is 1. The summed E-state index contributed by atoms with van der Waals surface area (Å²) in [6.45, 7) is 1.81. The average Bonchev–Trinajstić information content (AvgIpc) is 3.21. The van der Waals surface area contributed by atoms with Crippen LogP contribution in [0.5, 0.6) is 5.75 Å². The Bertz CT molecular complexity index is 1030. The van der Waals surface area contributed by atoms with Gasteiger partial charge in [-0.05, 0) is 66.8 Å². The van der Waals surface area contributed by atoms with E-state index in [0.29, 0.717) is 23.1 Å². The SMILES string of the molecule is C[C@@H](NC1CCC(c2ccc(OCC(=O)O)cc2)C1)c1ccc(F)c2ccccc12. The molecule has 2 N–H and O–H groups in total. The molecule has 4 nitrogen and oxygen atoms in total. The Morgan fingerprint density at radius 1 is 1.10 bits per heavy atom. The van der Waals surface area contributed by atoms with E-state index < -0.39 is 5.97 Å². The minimum atomic E-state index is -0.980. The molecule has 2 unspecified atom stereocenters. The molecule has 3 aromatic carbocycles. The second kappa shape index (κ2) is 8.84. The van der Waals surface area contributed by atoms with Crippen molar-refractivity contribution in [1.82, 2.24) is 5.32 Å². The summed E-state index contributed by atoms with van der Waals surface area (Å²) in [5.41, 5.74) is 2.37. The van der Waals surface area contributed by atoms with Gasteiger partial charge in [0.1, 0.15) is 11.6 Å². The van der Waals surface area contributed by atoms with E-state index in [4.69, 9.17) is 9.84 Å². The number of ether oxygens (including phenoxy) is 1. The zero-order valence-electron chi connectivity index (χ0n) is 17.0. The third-order valence-corrected chi connectivity index (χ3v) is 6.00. The van der Waals surface area contributed by atoms with Crippen LogP contribution in [0.25, 0.3) is 10.8 Å². The zero-order valence-corrected chi connectivity index (χ0v) is 17.0. The summed E-state index contributed by atoms with van der Waals surface area (Å²) in [4.78, 5) is 10.6. The number of benzene rings is 3. The molecule has 1 fully saturated rings. The minimum Gasteiger partial charge on any atom is -0.482 e. The van der Waals surface area contributed by atoms with E-state index in [1.54, 1.807) is 6.07 Å². The highest BCUT2D eigenvalue weighted by Gasteiger charge is 2.27. The molecule has 156 valence electrons. The van der Waals surface area contributed by atoms with Crippen molar-refractivity contribution >= 4 is 16.7 Å². The Kier molecular flexibility index (Phi) is 6.00. The number of hydrogen-bond acceptors (Lipinski definition) is 3. The van der Waals surface area contributed by atoms with Gasteiger partial charge in [-0.25, -0.2) is 9.18 Å². The summed E-state index contributed by atoms with van der Waals surface area (Å²) in [5.74, 6) is -0.121. The highest BCUT2D eigenvalue weighted by molar-refractivity contribution is 5.86. The van der Waals surface area contributed by atoms with E-state index in [-0.39, 0.29) is 18.5 Å². The van der Waals surface area contributed by atoms with Gasteiger partial charge >= 0.3 is 5.97 Å². The van der Waals surface area contributed by atoms with Gasteiger partial charge in [0.15, 0.2) is 6.61 Å². The van der Waals surface area contributed by atoms with Crippen LogP contribution < -0.4 is 10.1 Å². The number of fused-ring (bicyclic) bond motifs is 1. The van der Waals surface area contributed by atoms with Crippen molar-refractivity contribution in [2.45, 2.75) is 44.2 Å². The number of hydrogen-bond donors (Lipinski definition) is 2. The quantitative estimate of drug-likeness (QED) is 0.548. The van der Waals surface area contributed by atoms with Crippen molar-refractivity contribution in [3.05, 3.63) is 77.6 Å². The van der Waals surface area contributed by atoms with Gasteiger partial charge < -0.3 is 15.2 Å². The number of aliphatic carboxylic acids is 1. The lowest BCUT2D eigenvalue weighted by atomic mass is 9.96. The zero-order chi connectivity index (χ0) is 21.1. The van der Waals surface area contributed by atoms with Crippen LogP contribution in [0.15, 0.2) is 60.7 Å². The summed E-state index contributed by atoms with van der Waals surface area (Å²) in [7, 11) is 0. The Morgan fingerprint density at radius 3 is 2.57 bits per heavy atom. The van der Waals surface area contributed by atoms with Crippen molar-refractivity contribution in [3.8, 4) is 5.75 Å². The Morgan fingerprint density at radius 2 is 1.83 bits per heavy atom. The fourth-order valence-electron chi connectivity index (χ4n) is 4.52. The highest BCUT2D eigenvalue weighted by Crippen LogP contribution is 2.36. The van der Waals surface area contributed by atoms with Crippen molar-refractivity contribution in [2.75, 3.05) is 6.61 Å². The third kappa shape index (κ3) is 4.46. The molecule has 0 spiro atoms. The second-order valence-corrected chi connectivity index (χ2v) is 8.03. The second-order valence-electron chi connectivity index (χ2n) is 8.03. The lowest BCUT2D eigenvalue weighted by Gasteiger charge is -2.22. The molecule has 4 rings (SSSR count). The Balaban J connectivity index is 1.39. The van der Waals surface area contributed by atoms with Crippen molar-refractivity contribution in [3.63, 3.8) is 0 Å². The van der Waals surface area contributed by atoms with E-state index in [2.05, 4.69) is 12.2 Å². The number of carbonyl (C=O) groups is 1. The van der Waals surface area contributed by atoms with Crippen LogP contribution in [0.2, 0.25) is 0 Å². The number of rotatable bonds is 7. The van der Waals surface area contributed by atoms with Crippen molar-refractivity contribution in [2.24, 2.45) is 0 Å². The van der Waals surface area contributed by atoms with Gasteiger partial charge in [-0.3, -0.25) is 0 Å². The van der Waals surface area contributed by atoms with Crippen LogP contribution in [0.4, 0.5) is 4.39 Å². The molecule has 0 amide bonds. The topological polar surface area (TPSA) is 58.6 Å². The average molecular weight is 407 g/mol. The minimum absolute atomic E-state index is 0.131. The molecule has 0 bridgehead atoms. The Labute approximate surface area is 175 Å². The lowest BCUT2D eigenvalue weighted by molar-refractivity contribution is -0.139. The molecule has 3 aromatic rings. The monoisotopic (exact) mass is 407 g/mol. The van der Waals surface area contributed by atoms with Crippen molar-refractivity contribution in [1.29, 1.82) is 0 Å². The molecule has 3 atom stereocenters. The summed E-state index contributed by atoms with van der Waals surface area (Å²) in [5, 5.41) is 14.1. The normalized spacial score (nSPS) is 19.7. The fraction of sp³-hybridized carbons (Fsp3) is 0.320. The van der Waals surface area contributed by atoms with Gasteiger partial charge in [-0.1, -0.05) is 42.5 Å². The molecule has 1 saturated carbocycles. The molecule has 0 saturated heterocycles. The summed E-state index contributed by atoms with van der Waals surface area (Å²) in [6, 6.07) is 19.3.